The van der Waals surface area contributed by atoms with Gasteiger partial charge in [-0.1, -0.05) is 0 Å². The van der Waals surface area contributed by atoms with Crippen LogP contribution in [0.3, 0.4) is 0 Å². The normalized spacial score (nSPS) is 14.2. The number of esters is 1. The molecule has 0 bridgehead atoms. The molecule has 0 saturated carbocycles. The monoisotopic (exact) mass is 425 g/mol. The summed E-state index contributed by atoms with van der Waals surface area (Å²) in [5, 5.41) is 0.315. The Hall–Kier alpha value is -3.88. The molecule has 0 saturated heterocycles. The molecule has 0 unspecified atom stereocenters. The lowest BCUT2D eigenvalue weighted by atomic mass is 10.0. The van der Waals surface area contributed by atoms with Crippen molar-refractivity contribution in [2.24, 2.45) is 0 Å². The molecule has 0 N–H and O–H groups in total. The van der Waals surface area contributed by atoms with E-state index in [0.717, 1.165) is 0 Å². The molecule has 0 spiro atoms. The molecule has 3 aromatic rings. The number of cyclic esters (lactones) is 1. The zero-order valence-electron chi connectivity index (χ0n) is 17.1. The number of pyridine rings is 1. The summed E-state index contributed by atoms with van der Waals surface area (Å²) < 4.78 is 34.4. The second-order valence-electron chi connectivity index (χ2n) is 6.98. The van der Waals surface area contributed by atoms with Crippen LogP contribution in [0.5, 0.6) is 28.7 Å². The zero-order chi connectivity index (χ0) is 21.7. The maximum Gasteiger partial charge on any atom is 0.343 e. The smallest absolute Gasteiger partial charge is 0.343 e. The summed E-state index contributed by atoms with van der Waals surface area (Å²) in [6.07, 6.45) is 0.372. The molecule has 3 heterocycles. The number of fused-ring (bicyclic) bond motifs is 3. The van der Waals surface area contributed by atoms with E-state index >= 15 is 0 Å². The summed E-state index contributed by atoms with van der Waals surface area (Å²) in [6, 6.07) is 6.85. The highest BCUT2D eigenvalue weighted by molar-refractivity contribution is 5.97. The van der Waals surface area contributed by atoms with E-state index in [1.54, 1.807) is 24.3 Å². The largest absolute Gasteiger partial charge is 0.493 e. The van der Waals surface area contributed by atoms with Gasteiger partial charge in [-0.05, 0) is 6.07 Å². The molecule has 0 fully saturated rings. The minimum atomic E-state index is -0.646. The quantitative estimate of drug-likeness (QED) is 0.589. The molecule has 2 aromatic carbocycles. The standard InChI is InChI=1S/C22H19NO8/c1-26-17-6-11(7-18(27-2)21(17)28-3)23-13-4-5-29-22(25)19(13)20(24)12-8-15-16(9-14(12)23)31-10-30-15/h6-9H,4-5,10H2,1-3H3. The van der Waals surface area contributed by atoms with E-state index < -0.39 is 11.4 Å². The number of hydrogen-bond donors (Lipinski definition) is 0. The Morgan fingerprint density at radius 3 is 2.19 bits per heavy atom. The number of aromatic nitrogens is 1. The molecule has 9 heteroatoms. The van der Waals surface area contributed by atoms with Crippen LogP contribution in [0.4, 0.5) is 0 Å². The van der Waals surface area contributed by atoms with E-state index in [1.165, 1.54) is 21.3 Å². The fourth-order valence-corrected chi connectivity index (χ4v) is 4.07. The summed E-state index contributed by atoms with van der Waals surface area (Å²) in [5.41, 5.74) is 1.34. The van der Waals surface area contributed by atoms with Crippen molar-refractivity contribution in [1.82, 2.24) is 4.57 Å². The summed E-state index contributed by atoms with van der Waals surface area (Å²) in [6.45, 7) is 0.234. The van der Waals surface area contributed by atoms with Crippen molar-refractivity contribution in [3.05, 3.63) is 45.7 Å². The van der Waals surface area contributed by atoms with Gasteiger partial charge in [-0.15, -0.1) is 0 Å². The number of hydrogen-bond acceptors (Lipinski definition) is 8. The predicted molar refractivity (Wildman–Crippen MR) is 109 cm³/mol. The Balaban J connectivity index is 1.92. The third-order valence-electron chi connectivity index (χ3n) is 5.45. The highest BCUT2D eigenvalue weighted by atomic mass is 16.7. The van der Waals surface area contributed by atoms with E-state index in [4.69, 9.17) is 28.4 Å². The second-order valence-corrected chi connectivity index (χ2v) is 6.98. The van der Waals surface area contributed by atoms with Crippen LogP contribution in [-0.4, -0.2) is 45.3 Å². The summed E-state index contributed by atoms with van der Waals surface area (Å²) in [5.74, 6) is 1.64. The van der Waals surface area contributed by atoms with Crippen LogP contribution in [-0.2, 0) is 11.2 Å². The van der Waals surface area contributed by atoms with E-state index in [1.807, 2.05) is 4.57 Å². The van der Waals surface area contributed by atoms with Crippen molar-refractivity contribution in [2.75, 3.05) is 34.7 Å². The van der Waals surface area contributed by atoms with Gasteiger partial charge in [-0.25, -0.2) is 4.79 Å². The minimum absolute atomic E-state index is 0.00590. The Bertz CT molecular complexity index is 1270. The van der Waals surface area contributed by atoms with Gasteiger partial charge >= 0.3 is 5.97 Å². The zero-order valence-corrected chi connectivity index (χ0v) is 17.1. The molecule has 160 valence electrons. The van der Waals surface area contributed by atoms with Crippen molar-refractivity contribution < 1.29 is 33.2 Å². The van der Waals surface area contributed by atoms with Crippen LogP contribution in [0.1, 0.15) is 16.1 Å². The Morgan fingerprint density at radius 1 is 0.871 bits per heavy atom. The minimum Gasteiger partial charge on any atom is -0.493 e. The number of carbonyl (C=O) groups is 1. The molecule has 2 aliphatic heterocycles. The third kappa shape index (κ3) is 2.77. The lowest BCUT2D eigenvalue weighted by molar-refractivity contribution is 0.0474. The molecule has 0 amide bonds. The van der Waals surface area contributed by atoms with Gasteiger partial charge in [0, 0.05) is 30.3 Å². The van der Waals surface area contributed by atoms with Gasteiger partial charge in [0.15, 0.2) is 23.0 Å². The Morgan fingerprint density at radius 2 is 1.55 bits per heavy atom. The summed E-state index contributed by atoms with van der Waals surface area (Å²) >= 11 is 0. The highest BCUT2D eigenvalue weighted by Crippen LogP contribution is 2.42. The molecular weight excluding hydrogens is 406 g/mol. The summed E-state index contributed by atoms with van der Waals surface area (Å²) in [4.78, 5) is 25.8. The molecule has 31 heavy (non-hydrogen) atoms. The van der Waals surface area contributed by atoms with Gasteiger partial charge in [0.05, 0.1) is 44.5 Å². The molecule has 9 nitrogen and oxygen atoms in total. The van der Waals surface area contributed by atoms with Gasteiger partial charge < -0.3 is 33.0 Å². The molecule has 2 aliphatic rings. The first kappa shape index (κ1) is 19.1. The Labute approximate surface area is 176 Å². The van der Waals surface area contributed by atoms with Gasteiger partial charge in [0.1, 0.15) is 5.56 Å². The lowest BCUT2D eigenvalue weighted by Crippen LogP contribution is -2.30. The molecular formula is C22H19NO8. The van der Waals surface area contributed by atoms with Crippen LogP contribution in [0, 0.1) is 0 Å². The van der Waals surface area contributed by atoms with Crippen LogP contribution in [0.2, 0.25) is 0 Å². The topological polar surface area (TPSA) is 94.5 Å². The number of benzene rings is 2. The van der Waals surface area contributed by atoms with Gasteiger partial charge in [0.2, 0.25) is 18.0 Å². The third-order valence-corrected chi connectivity index (χ3v) is 5.45. The van der Waals surface area contributed by atoms with Crippen LogP contribution in [0.15, 0.2) is 29.1 Å². The van der Waals surface area contributed by atoms with Crippen molar-refractivity contribution in [1.29, 1.82) is 0 Å². The lowest BCUT2D eigenvalue weighted by Gasteiger charge is -2.24. The van der Waals surface area contributed by atoms with E-state index in [2.05, 4.69) is 0 Å². The fourth-order valence-electron chi connectivity index (χ4n) is 4.07. The highest BCUT2D eigenvalue weighted by Gasteiger charge is 2.30. The van der Waals surface area contributed by atoms with Gasteiger partial charge in [-0.2, -0.15) is 0 Å². The van der Waals surface area contributed by atoms with Crippen LogP contribution < -0.4 is 29.1 Å². The van der Waals surface area contributed by atoms with Gasteiger partial charge in [-0.3, -0.25) is 4.79 Å². The maximum atomic E-state index is 13.2. The van der Waals surface area contributed by atoms with E-state index in [-0.39, 0.29) is 19.0 Å². The van der Waals surface area contributed by atoms with Crippen molar-refractivity contribution in [3.8, 4) is 34.4 Å². The SMILES string of the molecule is COc1cc(-n2c3c(c(=O)c4cc5c(cc42)OCO5)C(=O)OCC3)cc(OC)c1OC. The number of carbonyl (C=O) groups excluding carboxylic acids is 1. The van der Waals surface area contributed by atoms with Crippen LogP contribution in [0.25, 0.3) is 16.6 Å². The first-order valence-corrected chi connectivity index (χ1v) is 9.56. The number of nitrogens with zero attached hydrogens (tertiary/aromatic N) is 1. The molecule has 0 atom stereocenters. The molecule has 0 aliphatic carbocycles. The van der Waals surface area contributed by atoms with Crippen molar-refractivity contribution in [3.63, 3.8) is 0 Å². The van der Waals surface area contributed by atoms with Crippen LogP contribution >= 0.6 is 0 Å². The first-order valence-electron chi connectivity index (χ1n) is 9.56. The van der Waals surface area contributed by atoms with E-state index in [0.29, 0.717) is 57.5 Å². The van der Waals surface area contributed by atoms with Crippen molar-refractivity contribution in [2.45, 2.75) is 6.42 Å². The number of rotatable bonds is 4. The maximum absolute atomic E-state index is 13.2. The molecule has 0 radical (unpaired) electrons. The van der Waals surface area contributed by atoms with E-state index in [9.17, 15) is 9.59 Å². The molecule has 5 rings (SSSR count). The second kappa shape index (κ2) is 7.12. The summed E-state index contributed by atoms with van der Waals surface area (Å²) in [7, 11) is 4.57. The first-order chi connectivity index (χ1) is 15.1. The number of ether oxygens (including phenoxy) is 6. The average Bonchev–Trinajstić information content (AvgIpc) is 3.24. The average molecular weight is 425 g/mol. The van der Waals surface area contributed by atoms with Gasteiger partial charge in [0.25, 0.3) is 0 Å². The predicted octanol–water partition coefficient (Wildman–Crippen LogP) is 2.46. The number of methoxy groups -OCH3 is 3. The fraction of sp³-hybridized carbons (Fsp3) is 0.273. The molecule has 1 aromatic heterocycles. The van der Waals surface area contributed by atoms with Crippen molar-refractivity contribution >= 4 is 16.9 Å². The Kier molecular flexibility index (Phi) is 4.39.